The first-order chi connectivity index (χ1) is 13.4. The lowest BCUT2D eigenvalue weighted by Gasteiger charge is -2.19. The molecular weight excluding hydrogens is 388 g/mol. The van der Waals surface area contributed by atoms with Crippen LogP contribution in [0.5, 0.6) is 23.0 Å². The molecule has 0 aromatic heterocycles. The number of amides is 2. The van der Waals surface area contributed by atoms with Crippen LogP contribution in [0.1, 0.15) is 15.9 Å². The molecule has 1 aliphatic heterocycles. The van der Waals surface area contributed by atoms with E-state index in [1.54, 1.807) is 13.1 Å². The molecule has 2 aromatic carbocycles. The van der Waals surface area contributed by atoms with Gasteiger partial charge in [-0.25, -0.2) is 0 Å². The van der Waals surface area contributed by atoms with Crippen LogP contribution >= 0.6 is 11.6 Å². The Morgan fingerprint density at radius 2 is 1.96 bits per heavy atom. The zero-order valence-corrected chi connectivity index (χ0v) is 16.1. The summed E-state index contributed by atoms with van der Waals surface area (Å²) < 4.78 is 21.2. The third-order valence-electron chi connectivity index (χ3n) is 4.04. The number of carbonyl (C=O) groups excluding carboxylic acids is 2. The number of carbonyl (C=O) groups is 2. The number of hydrogen-bond acceptors (Lipinski definition) is 6. The van der Waals surface area contributed by atoms with Crippen molar-refractivity contribution in [1.82, 2.24) is 4.90 Å². The number of methoxy groups -OCH3 is 1. The normalized spacial score (nSPS) is 11.8. The van der Waals surface area contributed by atoms with E-state index in [2.05, 4.69) is 0 Å². The number of fused-ring (bicyclic) bond motifs is 1. The Hall–Kier alpha value is -3.13. The van der Waals surface area contributed by atoms with Gasteiger partial charge in [-0.2, -0.15) is 0 Å². The summed E-state index contributed by atoms with van der Waals surface area (Å²) in [6.07, 6.45) is 0. The maximum atomic E-state index is 12.8. The van der Waals surface area contributed by atoms with Crippen molar-refractivity contribution in [1.29, 1.82) is 0 Å². The molecule has 2 N–H and O–H groups in total. The number of benzene rings is 2. The topological polar surface area (TPSA) is 100 Å². The van der Waals surface area contributed by atoms with E-state index >= 15 is 0 Å². The molecule has 0 radical (unpaired) electrons. The second-order valence-corrected chi connectivity index (χ2v) is 6.50. The van der Waals surface area contributed by atoms with Crippen LogP contribution in [0.2, 0.25) is 5.02 Å². The predicted molar refractivity (Wildman–Crippen MR) is 101 cm³/mol. The first kappa shape index (κ1) is 19.6. The molecule has 0 aliphatic carbocycles. The van der Waals surface area contributed by atoms with Gasteiger partial charge in [0.05, 0.1) is 12.1 Å². The van der Waals surface area contributed by atoms with E-state index in [1.165, 1.54) is 24.1 Å². The van der Waals surface area contributed by atoms with Crippen LogP contribution in [0.15, 0.2) is 30.3 Å². The zero-order chi connectivity index (χ0) is 20.3. The van der Waals surface area contributed by atoms with E-state index in [1.807, 2.05) is 12.1 Å². The van der Waals surface area contributed by atoms with Crippen molar-refractivity contribution >= 4 is 23.4 Å². The maximum absolute atomic E-state index is 12.8. The number of hydrogen-bond donors (Lipinski definition) is 1. The van der Waals surface area contributed by atoms with Crippen molar-refractivity contribution in [3.8, 4) is 23.0 Å². The van der Waals surface area contributed by atoms with Gasteiger partial charge in [-0.15, -0.1) is 0 Å². The summed E-state index contributed by atoms with van der Waals surface area (Å²) in [5, 5.41) is 0.139. The Kier molecular flexibility index (Phi) is 5.79. The van der Waals surface area contributed by atoms with E-state index in [9.17, 15) is 9.59 Å². The van der Waals surface area contributed by atoms with Gasteiger partial charge in [-0.1, -0.05) is 17.7 Å². The minimum atomic E-state index is -0.651. The average molecular weight is 407 g/mol. The van der Waals surface area contributed by atoms with Gasteiger partial charge in [0.15, 0.2) is 29.6 Å². The van der Waals surface area contributed by atoms with Crippen molar-refractivity contribution in [3.05, 3.63) is 46.5 Å². The summed E-state index contributed by atoms with van der Waals surface area (Å²) >= 11 is 6.21. The highest BCUT2D eigenvalue weighted by Gasteiger charge is 2.20. The van der Waals surface area contributed by atoms with Crippen molar-refractivity contribution in [3.63, 3.8) is 0 Å². The molecular formula is C19H19ClN2O6. The van der Waals surface area contributed by atoms with E-state index in [-0.39, 0.29) is 35.8 Å². The monoisotopic (exact) mass is 406 g/mol. The van der Waals surface area contributed by atoms with Crippen LogP contribution < -0.4 is 24.7 Å². The number of rotatable bonds is 7. The van der Waals surface area contributed by atoms with Crippen molar-refractivity contribution in [2.45, 2.75) is 6.54 Å². The summed E-state index contributed by atoms with van der Waals surface area (Å²) in [5.74, 6) is 0.799. The third-order valence-corrected chi connectivity index (χ3v) is 4.32. The first-order valence-corrected chi connectivity index (χ1v) is 8.69. The molecule has 0 fully saturated rings. The number of ether oxygens (including phenoxy) is 4. The Balaban J connectivity index is 1.77. The van der Waals surface area contributed by atoms with E-state index in [4.69, 9.17) is 36.3 Å². The van der Waals surface area contributed by atoms with Crippen LogP contribution in [0.3, 0.4) is 0 Å². The summed E-state index contributed by atoms with van der Waals surface area (Å²) in [7, 11) is 3.08. The van der Waals surface area contributed by atoms with Gasteiger partial charge in [0.2, 0.25) is 6.79 Å². The quantitative estimate of drug-likeness (QED) is 0.756. The van der Waals surface area contributed by atoms with Crippen LogP contribution in [0, 0.1) is 0 Å². The molecule has 3 rings (SSSR count). The van der Waals surface area contributed by atoms with Gasteiger partial charge < -0.3 is 29.6 Å². The van der Waals surface area contributed by atoms with E-state index in [0.29, 0.717) is 23.6 Å². The maximum Gasteiger partial charge on any atom is 0.255 e. The van der Waals surface area contributed by atoms with Gasteiger partial charge in [0.25, 0.3) is 11.8 Å². The number of primary amides is 1. The molecule has 1 heterocycles. The molecule has 9 heteroatoms. The SMILES string of the molecule is COc1cc(C(=O)N(C)Cc2ccc3c(c2)OCO3)cc(Cl)c1OCC(N)=O. The van der Waals surface area contributed by atoms with Gasteiger partial charge in [-0.05, 0) is 29.8 Å². The largest absolute Gasteiger partial charge is 0.493 e. The van der Waals surface area contributed by atoms with Crippen LogP contribution in [0.25, 0.3) is 0 Å². The molecule has 0 saturated heterocycles. The number of nitrogens with zero attached hydrogens (tertiary/aromatic N) is 1. The summed E-state index contributed by atoms with van der Waals surface area (Å²) in [6, 6.07) is 8.46. The Labute approximate surface area is 166 Å². The van der Waals surface area contributed by atoms with Crippen molar-refractivity contribution < 1.29 is 28.5 Å². The Bertz CT molecular complexity index is 918. The molecule has 148 valence electrons. The molecule has 0 saturated carbocycles. The standard InChI is InChI=1S/C19H19ClN2O6/c1-22(8-11-3-4-14-15(5-11)28-10-27-14)19(24)12-6-13(20)18(16(7-12)25-2)26-9-17(21)23/h3-7H,8-10H2,1-2H3,(H2,21,23). The fourth-order valence-corrected chi connectivity index (χ4v) is 3.00. The van der Waals surface area contributed by atoms with Crippen molar-refractivity contribution in [2.24, 2.45) is 5.73 Å². The molecule has 28 heavy (non-hydrogen) atoms. The fraction of sp³-hybridized carbons (Fsp3) is 0.263. The lowest BCUT2D eigenvalue weighted by molar-refractivity contribution is -0.119. The van der Waals surface area contributed by atoms with E-state index in [0.717, 1.165) is 5.56 Å². The average Bonchev–Trinajstić information content (AvgIpc) is 3.13. The molecule has 0 bridgehead atoms. The van der Waals surface area contributed by atoms with Gasteiger partial charge in [-0.3, -0.25) is 9.59 Å². The second-order valence-electron chi connectivity index (χ2n) is 6.09. The van der Waals surface area contributed by atoms with Crippen LogP contribution in [-0.4, -0.2) is 44.3 Å². The van der Waals surface area contributed by atoms with E-state index < -0.39 is 5.91 Å². The number of halogens is 1. The van der Waals surface area contributed by atoms with Gasteiger partial charge in [0.1, 0.15) is 0 Å². The minimum Gasteiger partial charge on any atom is -0.493 e. The van der Waals surface area contributed by atoms with Gasteiger partial charge >= 0.3 is 0 Å². The van der Waals surface area contributed by atoms with Crippen molar-refractivity contribution in [2.75, 3.05) is 27.6 Å². The highest BCUT2D eigenvalue weighted by atomic mass is 35.5. The van der Waals surface area contributed by atoms with Gasteiger partial charge in [0, 0.05) is 19.2 Å². The third kappa shape index (κ3) is 4.23. The molecule has 0 atom stereocenters. The molecule has 8 nitrogen and oxygen atoms in total. The fourth-order valence-electron chi connectivity index (χ4n) is 2.73. The van der Waals surface area contributed by atoms with Crippen LogP contribution in [0.4, 0.5) is 0 Å². The smallest absolute Gasteiger partial charge is 0.255 e. The molecule has 2 amide bonds. The molecule has 0 spiro atoms. The lowest BCUT2D eigenvalue weighted by Crippen LogP contribution is -2.26. The minimum absolute atomic E-state index is 0.139. The molecule has 0 unspecified atom stereocenters. The summed E-state index contributed by atoms with van der Waals surface area (Å²) in [4.78, 5) is 25.3. The Morgan fingerprint density at radius 3 is 2.68 bits per heavy atom. The summed E-state index contributed by atoms with van der Waals surface area (Å²) in [5.41, 5.74) is 6.29. The molecule has 1 aliphatic rings. The number of nitrogens with two attached hydrogens (primary N) is 1. The zero-order valence-electron chi connectivity index (χ0n) is 15.4. The summed E-state index contributed by atoms with van der Waals surface area (Å²) in [6.45, 7) is 0.193. The lowest BCUT2D eigenvalue weighted by atomic mass is 10.1. The second kappa shape index (κ2) is 8.26. The highest BCUT2D eigenvalue weighted by molar-refractivity contribution is 6.32. The van der Waals surface area contributed by atoms with Crippen LogP contribution in [-0.2, 0) is 11.3 Å². The molecule has 2 aromatic rings. The predicted octanol–water partition coefficient (Wildman–Crippen LogP) is 2.21. The Morgan fingerprint density at radius 1 is 1.21 bits per heavy atom. The first-order valence-electron chi connectivity index (χ1n) is 8.31. The highest BCUT2D eigenvalue weighted by Crippen LogP contribution is 2.37.